The second-order valence-corrected chi connectivity index (χ2v) is 9.80. The van der Waals surface area contributed by atoms with Crippen LogP contribution in [0.1, 0.15) is 50.5 Å². The van der Waals surface area contributed by atoms with Crippen LogP contribution < -0.4 is 4.72 Å². The van der Waals surface area contributed by atoms with E-state index in [1.807, 2.05) is 18.2 Å². The highest BCUT2D eigenvalue weighted by Crippen LogP contribution is 2.42. The number of aliphatic hydroxyl groups excluding tert-OH is 1. The second kappa shape index (κ2) is 8.83. The molecule has 1 saturated carbocycles. The van der Waals surface area contributed by atoms with E-state index in [1.54, 1.807) is 6.92 Å². The minimum absolute atomic E-state index is 0.0791. The summed E-state index contributed by atoms with van der Waals surface area (Å²) in [7, 11) is -3.22. The largest absolute Gasteiger partial charge is 0.395 e. The van der Waals surface area contributed by atoms with E-state index in [9.17, 15) is 13.5 Å². The number of benzene rings is 1. The topological polar surface area (TPSA) is 69.6 Å². The van der Waals surface area contributed by atoms with Crippen molar-refractivity contribution in [3.05, 3.63) is 35.9 Å². The summed E-state index contributed by atoms with van der Waals surface area (Å²) >= 11 is 0. The van der Waals surface area contributed by atoms with Crippen LogP contribution in [0.4, 0.5) is 0 Å². The number of aliphatic hydroxyl groups is 1. The quantitative estimate of drug-likeness (QED) is 0.726. The summed E-state index contributed by atoms with van der Waals surface area (Å²) in [5.41, 5.74) is 1.19. The third kappa shape index (κ3) is 4.47. The summed E-state index contributed by atoms with van der Waals surface area (Å²) in [6, 6.07) is 10.4. The van der Waals surface area contributed by atoms with Crippen LogP contribution in [0.25, 0.3) is 0 Å². The zero-order valence-electron chi connectivity index (χ0n) is 15.7. The van der Waals surface area contributed by atoms with Crippen molar-refractivity contribution in [3.63, 3.8) is 0 Å². The van der Waals surface area contributed by atoms with Gasteiger partial charge in [0.05, 0.1) is 12.4 Å². The molecular formula is C20H32N2O3S. The Balaban J connectivity index is 1.76. The number of rotatable bonds is 8. The number of nitrogens with zero attached hydrogens (tertiary/aromatic N) is 1. The van der Waals surface area contributed by atoms with Gasteiger partial charge in [-0.05, 0) is 31.2 Å². The third-order valence-corrected chi connectivity index (χ3v) is 7.51. The molecule has 2 N–H and O–H groups in total. The number of nitrogens with one attached hydrogen (secondary N) is 1. The van der Waals surface area contributed by atoms with Crippen molar-refractivity contribution in [1.82, 2.24) is 9.62 Å². The molecule has 3 atom stereocenters. The first kappa shape index (κ1) is 19.8. The molecule has 1 saturated heterocycles. The van der Waals surface area contributed by atoms with Crippen molar-refractivity contribution in [2.24, 2.45) is 5.92 Å². The normalized spacial score (nSPS) is 28.0. The standard InChI is InChI=1S/C20H32N2O3S/c1-2-26(24,25)21-13-18-20(17-11-7-4-8-12-17)19(15-23)22(18)14-16-9-5-3-6-10-16/h4,7-8,11-12,16,18-21,23H,2-3,5-6,9-10,13-15H2,1H3/t18-,19-,20-/m1/s1. The molecule has 0 unspecified atom stereocenters. The van der Waals surface area contributed by atoms with Crippen molar-refractivity contribution in [2.75, 3.05) is 25.4 Å². The Hall–Kier alpha value is -0.950. The maximum Gasteiger partial charge on any atom is 0.211 e. The first-order chi connectivity index (χ1) is 12.6. The summed E-state index contributed by atoms with van der Waals surface area (Å²) in [5, 5.41) is 10.0. The zero-order valence-corrected chi connectivity index (χ0v) is 16.5. The molecule has 146 valence electrons. The fourth-order valence-electron chi connectivity index (χ4n) is 4.65. The van der Waals surface area contributed by atoms with Gasteiger partial charge < -0.3 is 5.11 Å². The summed E-state index contributed by atoms with van der Waals surface area (Å²) < 4.78 is 26.7. The Kier molecular flexibility index (Phi) is 6.72. The van der Waals surface area contributed by atoms with Gasteiger partial charge in [0.1, 0.15) is 0 Å². The van der Waals surface area contributed by atoms with Gasteiger partial charge in [-0.15, -0.1) is 0 Å². The highest BCUT2D eigenvalue weighted by Gasteiger charge is 2.49. The lowest BCUT2D eigenvalue weighted by Gasteiger charge is -2.56. The van der Waals surface area contributed by atoms with Crippen LogP contribution >= 0.6 is 0 Å². The lowest BCUT2D eigenvalue weighted by Crippen LogP contribution is -2.67. The Bertz CT molecular complexity index is 659. The summed E-state index contributed by atoms with van der Waals surface area (Å²) in [6.07, 6.45) is 6.40. The summed E-state index contributed by atoms with van der Waals surface area (Å²) in [6.45, 7) is 3.16. The molecule has 0 spiro atoms. The van der Waals surface area contributed by atoms with Crippen LogP contribution in [0.3, 0.4) is 0 Å². The molecule has 2 aliphatic rings. The molecule has 5 nitrogen and oxygen atoms in total. The van der Waals surface area contributed by atoms with E-state index in [1.165, 1.54) is 37.7 Å². The summed E-state index contributed by atoms with van der Waals surface area (Å²) in [4.78, 5) is 2.35. The lowest BCUT2D eigenvalue weighted by molar-refractivity contribution is -0.0528. The van der Waals surface area contributed by atoms with Crippen molar-refractivity contribution < 1.29 is 13.5 Å². The molecule has 3 rings (SSSR count). The molecule has 1 aromatic carbocycles. The Labute approximate surface area is 157 Å². The minimum atomic E-state index is -3.22. The van der Waals surface area contributed by atoms with Crippen LogP contribution in [0.15, 0.2) is 30.3 Å². The van der Waals surface area contributed by atoms with Crippen LogP contribution in [-0.4, -0.2) is 56.0 Å². The molecule has 1 aromatic rings. The fourth-order valence-corrected chi connectivity index (χ4v) is 5.28. The highest BCUT2D eigenvalue weighted by molar-refractivity contribution is 7.89. The minimum Gasteiger partial charge on any atom is -0.395 e. The summed E-state index contributed by atoms with van der Waals surface area (Å²) in [5.74, 6) is 0.936. The molecule has 0 radical (unpaired) electrons. The van der Waals surface area contributed by atoms with Gasteiger partial charge in [-0.3, -0.25) is 4.90 Å². The van der Waals surface area contributed by atoms with Gasteiger partial charge in [0.15, 0.2) is 0 Å². The van der Waals surface area contributed by atoms with Crippen molar-refractivity contribution >= 4 is 10.0 Å². The maximum absolute atomic E-state index is 12.0. The number of sulfonamides is 1. The molecule has 1 heterocycles. The van der Waals surface area contributed by atoms with E-state index in [-0.39, 0.29) is 30.4 Å². The second-order valence-electron chi connectivity index (χ2n) is 7.71. The first-order valence-corrected chi connectivity index (χ1v) is 11.6. The van der Waals surface area contributed by atoms with Gasteiger partial charge in [-0.2, -0.15) is 0 Å². The van der Waals surface area contributed by atoms with Crippen LogP contribution in [0.5, 0.6) is 0 Å². The van der Waals surface area contributed by atoms with E-state index in [0.29, 0.717) is 12.5 Å². The van der Waals surface area contributed by atoms with Crippen LogP contribution in [0.2, 0.25) is 0 Å². The molecule has 0 amide bonds. The van der Waals surface area contributed by atoms with Crippen LogP contribution in [0, 0.1) is 5.92 Å². The lowest BCUT2D eigenvalue weighted by atomic mass is 9.74. The molecule has 0 aromatic heterocycles. The third-order valence-electron chi connectivity index (χ3n) is 6.14. The van der Waals surface area contributed by atoms with Gasteiger partial charge in [-0.1, -0.05) is 49.6 Å². The molecule has 1 aliphatic carbocycles. The molecular weight excluding hydrogens is 348 g/mol. The van der Waals surface area contributed by atoms with Crippen LogP contribution in [-0.2, 0) is 10.0 Å². The zero-order chi connectivity index (χ0) is 18.6. The predicted molar refractivity (Wildman–Crippen MR) is 105 cm³/mol. The van der Waals surface area contributed by atoms with E-state index < -0.39 is 10.0 Å². The smallest absolute Gasteiger partial charge is 0.211 e. The van der Waals surface area contributed by atoms with Gasteiger partial charge in [0.25, 0.3) is 0 Å². The molecule has 0 bridgehead atoms. The van der Waals surface area contributed by atoms with Crippen molar-refractivity contribution in [2.45, 2.75) is 57.0 Å². The fraction of sp³-hybridized carbons (Fsp3) is 0.700. The van der Waals surface area contributed by atoms with E-state index >= 15 is 0 Å². The molecule has 1 aliphatic heterocycles. The highest BCUT2D eigenvalue weighted by atomic mass is 32.2. The Morgan fingerprint density at radius 2 is 1.81 bits per heavy atom. The molecule has 2 fully saturated rings. The number of likely N-dealkylation sites (tertiary alicyclic amines) is 1. The average molecular weight is 381 g/mol. The van der Waals surface area contributed by atoms with Gasteiger partial charge in [-0.25, -0.2) is 13.1 Å². The van der Waals surface area contributed by atoms with Crippen molar-refractivity contribution in [1.29, 1.82) is 0 Å². The Morgan fingerprint density at radius 3 is 2.42 bits per heavy atom. The van der Waals surface area contributed by atoms with E-state index in [0.717, 1.165) is 6.54 Å². The number of hydrogen-bond donors (Lipinski definition) is 2. The SMILES string of the molecule is CCS(=O)(=O)NC[C@@H]1[C@@H](c2ccccc2)[C@@H](CO)N1CC1CCCCC1. The predicted octanol–water partition coefficient (Wildman–Crippen LogP) is 2.33. The monoisotopic (exact) mass is 380 g/mol. The van der Waals surface area contributed by atoms with Gasteiger partial charge in [0.2, 0.25) is 10.0 Å². The maximum atomic E-state index is 12.0. The first-order valence-electron chi connectivity index (χ1n) is 9.94. The molecule has 6 heteroatoms. The van der Waals surface area contributed by atoms with Crippen molar-refractivity contribution in [3.8, 4) is 0 Å². The van der Waals surface area contributed by atoms with E-state index in [4.69, 9.17) is 0 Å². The average Bonchev–Trinajstić information content (AvgIpc) is 2.66. The Morgan fingerprint density at radius 1 is 1.12 bits per heavy atom. The van der Waals surface area contributed by atoms with E-state index in [2.05, 4.69) is 21.8 Å². The number of hydrogen-bond acceptors (Lipinski definition) is 4. The molecule has 26 heavy (non-hydrogen) atoms. The van der Waals surface area contributed by atoms with Gasteiger partial charge >= 0.3 is 0 Å². The van der Waals surface area contributed by atoms with Gasteiger partial charge in [0, 0.05) is 31.1 Å².